The quantitative estimate of drug-likeness (QED) is 0.162. The van der Waals surface area contributed by atoms with Crippen LogP contribution in [0, 0.1) is 6.92 Å². The fraction of sp³-hybridized carbons (Fsp3) is 0.379. The van der Waals surface area contributed by atoms with Crippen LogP contribution in [0.1, 0.15) is 43.9 Å². The average Bonchev–Trinajstić information content (AvgIpc) is 3.22. The predicted octanol–water partition coefficient (Wildman–Crippen LogP) is 7.05. The molecule has 0 radical (unpaired) electrons. The largest absolute Gasteiger partial charge is 0.501 e. The van der Waals surface area contributed by atoms with Crippen molar-refractivity contribution < 1.29 is 18.0 Å². The number of hydrogen-bond donors (Lipinski definition) is 0. The molecule has 0 aromatic heterocycles. The lowest BCUT2D eigenvalue weighted by molar-refractivity contribution is 0.0696. The highest BCUT2D eigenvalue weighted by Crippen LogP contribution is 2.42. The molecule has 3 aromatic carbocycles. The maximum atomic E-state index is 6.16. The van der Waals surface area contributed by atoms with Gasteiger partial charge in [-0.2, -0.15) is 0 Å². The molecule has 0 saturated heterocycles. The second kappa shape index (κ2) is 11.3. The summed E-state index contributed by atoms with van der Waals surface area (Å²) in [4.78, 5) is 0. The van der Waals surface area contributed by atoms with Gasteiger partial charge >= 0.3 is 8.80 Å². The van der Waals surface area contributed by atoms with Crippen molar-refractivity contribution in [2.24, 2.45) is 0 Å². The number of fused-ring (bicyclic) bond motifs is 3. The minimum absolute atomic E-state index is 0.599. The van der Waals surface area contributed by atoms with Gasteiger partial charge in [0.05, 0.1) is 6.61 Å². The van der Waals surface area contributed by atoms with Crippen LogP contribution in [0.25, 0.3) is 22.3 Å². The van der Waals surface area contributed by atoms with Crippen molar-refractivity contribution in [3.8, 4) is 28.0 Å². The number of aryl methyl sites for hydroxylation is 1. The summed E-state index contributed by atoms with van der Waals surface area (Å²) >= 11 is 0. The first kappa shape index (κ1) is 24.7. The van der Waals surface area contributed by atoms with Gasteiger partial charge in [0.2, 0.25) is 0 Å². The highest BCUT2D eigenvalue weighted by atomic mass is 28.4. The van der Waals surface area contributed by atoms with E-state index in [1.807, 2.05) is 20.8 Å². The van der Waals surface area contributed by atoms with Gasteiger partial charge in [0.1, 0.15) is 5.75 Å². The van der Waals surface area contributed by atoms with E-state index >= 15 is 0 Å². The number of ether oxygens (including phenoxy) is 1. The maximum absolute atomic E-state index is 6.16. The van der Waals surface area contributed by atoms with Crippen LogP contribution in [0.5, 0.6) is 5.75 Å². The predicted molar refractivity (Wildman–Crippen MR) is 140 cm³/mol. The number of rotatable bonds is 12. The molecule has 5 heteroatoms. The van der Waals surface area contributed by atoms with Gasteiger partial charge in [-0.05, 0) is 91.6 Å². The lowest BCUT2D eigenvalue weighted by Crippen LogP contribution is -2.46. The summed E-state index contributed by atoms with van der Waals surface area (Å²) in [5.41, 5.74) is 9.24. The average molecular weight is 477 g/mol. The molecule has 0 N–H and O–H groups in total. The van der Waals surface area contributed by atoms with Crippen LogP contribution < -0.4 is 4.74 Å². The summed E-state index contributed by atoms with van der Waals surface area (Å²) in [5.74, 6) is 0.927. The first-order chi connectivity index (χ1) is 16.6. The SMILES string of the molecule is CCO[Si](CCCOc1ccc(-c2cccc3c2Cc2ccccc2-3)cc1C)(OCC)OCC. The van der Waals surface area contributed by atoms with Gasteiger partial charge < -0.3 is 18.0 Å². The van der Waals surface area contributed by atoms with Gasteiger partial charge in [0, 0.05) is 25.9 Å². The molecule has 1 aliphatic carbocycles. The molecule has 0 amide bonds. The first-order valence-corrected chi connectivity index (χ1v) is 14.4. The molecule has 0 fully saturated rings. The van der Waals surface area contributed by atoms with Crippen molar-refractivity contribution in [3.63, 3.8) is 0 Å². The molecule has 0 spiro atoms. The molecule has 34 heavy (non-hydrogen) atoms. The van der Waals surface area contributed by atoms with Gasteiger partial charge in [-0.15, -0.1) is 0 Å². The molecule has 3 aromatic rings. The molecular weight excluding hydrogens is 440 g/mol. The topological polar surface area (TPSA) is 36.9 Å². The minimum atomic E-state index is -2.62. The van der Waals surface area contributed by atoms with E-state index in [-0.39, 0.29) is 0 Å². The highest BCUT2D eigenvalue weighted by Gasteiger charge is 2.39. The van der Waals surface area contributed by atoms with E-state index in [1.165, 1.54) is 33.4 Å². The molecule has 0 heterocycles. The van der Waals surface area contributed by atoms with E-state index in [9.17, 15) is 0 Å². The second-order valence-electron chi connectivity index (χ2n) is 8.58. The van der Waals surface area contributed by atoms with Gasteiger partial charge in [0.15, 0.2) is 0 Å². The molecule has 4 nitrogen and oxygen atoms in total. The molecule has 0 bridgehead atoms. The van der Waals surface area contributed by atoms with Gasteiger partial charge in [-0.3, -0.25) is 0 Å². The van der Waals surface area contributed by atoms with Crippen LogP contribution in [0.3, 0.4) is 0 Å². The fourth-order valence-corrected chi connectivity index (χ4v) is 7.46. The monoisotopic (exact) mass is 476 g/mol. The smallest absolute Gasteiger partial charge is 0.493 e. The summed E-state index contributed by atoms with van der Waals surface area (Å²) in [6.45, 7) is 10.5. The zero-order valence-electron chi connectivity index (χ0n) is 20.9. The van der Waals surface area contributed by atoms with E-state index in [0.717, 1.165) is 30.2 Å². The van der Waals surface area contributed by atoms with Crippen LogP contribution in [0.2, 0.25) is 6.04 Å². The van der Waals surface area contributed by atoms with E-state index < -0.39 is 8.80 Å². The number of benzene rings is 3. The van der Waals surface area contributed by atoms with Gasteiger partial charge in [-0.25, -0.2) is 0 Å². The molecule has 0 saturated carbocycles. The minimum Gasteiger partial charge on any atom is -0.493 e. The molecule has 0 aliphatic heterocycles. The molecular formula is C29H36O4Si. The van der Waals surface area contributed by atoms with E-state index in [2.05, 4.69) is 67.6 Å². The first-order valence-electron chi connectivity index (χ1n) is 12.5. The van der Waals surface area contributed by atoms with Crippen LogP contribution in [-0.4, -0.2) is 35.2 Å². The van der Waals surface area contributed by atoms with Gasteiger partial charge in [0.25, 0.3) is 0 Å². The van der Waals surface area contributed by atoms with Crippen LogP contribution in [-0.2, 0) is 19.7 Å². The fourth-order valence-electron chi connectivity index (χ4n) is 4.88. The summed E-state index contributed by atoms with van der Waals surface area (Å²) < 4.78 is 24.0. The van der Waals surface area contributed by atoms with Crippen molar-refractivity contribution >= 4 is 8.80 Å². The Morgan fingerprint density at radius 2 is 1.44 bits per heavy atom. The van der Waals surface area contributed by atoms with Crippen LogP contribution in [0.15, 0.2) is 60.7 Å². The summed E-state index contributed by atoms with van der Waals surface area (Å²) in [7, 11) is -2.62. The van der Waals surface area contributed by atoms with Crippen molar-refractivity contribution in [2.45, 2.75) is 46.6 Å². The highest BCUT2D eigenvalue weighted by molar-refractivity contribution is 6.60. The molecule has 0 atom stereocenters. The molecule has 0 unspecified atom stereocenters. The normalized spacial score (nSPS) is 12.5. The maximum Gasteiger partial charge on any atom is 0.501 e. The van der Waals surface area contributed by atoms with E-state index in [0.29, 0.717) is 26.4 Å². The van der Waals surface area contributed by atoms with Crippen molar-refractivity contribution in [1.82, 2.24) is 0 Å². The Hall–Kier alpha value is -2.44. The Bertz CT molecular complexity index is 1090. The Morgan fingerprint density at radius 1 is 0.765 bits per heavy atom. The van der Waals surface area contributed by atoms with Crippen molar-refractivity contribution in [2.75, 3.05) is 26.4 Å². The summed E-state index contributed by atoms with van der Waals surface area (Å²) in [6, 6.07) is 22.7. The molecule has 1 aliphatic rings. The standard InChI is InChI=1S/C29H36O4Si/c1-5-31-34(32-6-2,33-7-3)19-11-18-30-29-17-16-24(20-22(29)4)26-14-10-15-27-25-13-9-8-12-23(25)21-28(26)27/h8-10,12-17,20H,5-7,11,18-19,21H2,1-4H3. The van der Waals surface area contributed by atoms with Crippen LogP contribution >= 0.6 is 0 Å². The summed E-state index contributed by atoms with van der Waals surface area (Å²) in [6.07, 6.45) is 1.82. The van der Waals surface area contributed by atoms with E-state index in [4.69, 9.17) is 18.0 Å². The Labute approximate surface area is 205 Å². The molecule has 180 valence electrons. The number of hydrogen-bond acceptors (Lipinski definition) is 4. The lowest BCUT2D eigenvalue weighted by Gasteiger charge is -2.28. The third-order valence-corrected chi connectivity index (χ3v) is 9.47. The Morgan fingerprint density at radius 3 is 2.15 bits per heavy atom. The third-order valence-electron chi connectivity index (χ3n) is 6.31. The Balaban J connectivity index is 1.43. The van der Waals surface area contributed by atoms with Crippen LogP contribution in [0.4, 0.5) is 0 Å². The van der Waals surface area contributed by atoms with E-state index in [1.54, 1.807) is 0 Å². The lowest BCUT2D eigenvalue weighted by atomic mass is 9.94. The molecule has 4 rings (SSSR count). The zero-order valence-corrected chi connectivity index (χ0v) is 21.9. The zero-order chi connectivity index (χ0) is 24.0. The summed E-state index contributed by atoms with van der Waals surface area (Å²) in [5, 5.41) is 0. The third kappa shape index (κ3) is 5.28. The second-order valence-corrected chi connectivity index (χ2v) is 11.3. The van der Waals surface area contributed by atoms with Crippen molar-refractivity contribution in [3.05, 3.63) is 77.4 Å². The van der Waals surface area contributed by atoms with Gasteiger partial charge in [-0.1, -0.05) is 48.5 Å². The Kier molecular flexibility index (Phi) is 8.22. The van der Waals surface area contributed by atoms with Crippen molar-refractivity contribution in [1.29, 1.82) is 0 Å².